The fraction of sp³-hybridized carbons (Fsp3) is 0.478. The Balaban J connectivity index is 1.26. The van der Waals surface area contributed by atoms with Crippen LogP contribution < -0.4 is 16.0 Å². The van der Waals surface area contributed by atoms with Gasteiger partial charge >= 0.3 is 6.03 Å². The molecule has 4 rings (SSSR count). The Morgan fingerprint density at radius 3 is 2.42 bits per heavy atom. The van der Waals surface area contributed by atoms with Crippen LogP contribution in [0.2, 0.25) is 0 Å². The fourth-order valence-electron chi connectivity index (χ4n) is 4.32. The number of benzene rings is 1. The second-order valence-corrected chi connectivity index (χ2v) is 8.63. The topological polar surface area (TPSA) is 106 Å². The Labute approximate surface area is 191 Å². The number of nitrogens with zero attached hydrogens (tertiary/aromatic N) is 4. The summed E-state index contributed by atoms with van der Waals surface area (Å²) in [6, 6.07) is 1.19. The van der Waals surface area contributed by atoms with E-state index in [4.69, 9.17) is 10.6 Å². The first-order valence-electron chi connectivity index (χ1n) is 11.2. The van der Waals surface area contributed by atoms with E-state index >= 15 is 0 Å². The maximum atomic E-state index is 14.5. The largest absolute Gasteiger partial charge is 0.392 e. The summed E-state index contributed by atoms with van der Waals surface area (Å²) in [6.45, 7) is 3.59. The lowest BCUT2D eigenvalue weighted by Crippen LogP contribution is -2.37. The highest BCUT2D eigenvalue weighted by Crippen LogP contribution is 2.35. The van der Waals surface area contributed by atoms with Crippen LogP contribution in [0.5, 0.6) is 0 Å². The molecule has 2 amide bonds. The number of hydrogen-bond donors (Lipinski definition) is 2. The molecule has 1 aromatic carbocycles. The molecule has 0 atom stereocenters. The van der Waals surface area contributed by atoms with Gasteiger partial charge in [-0.25, -0.2) is 23.5 Å². The number of carbonyl (C=O) groups is 1. The third kappa shape index (κ3) is 5.74. The number of rotatable bonds is 5. The number of primary amides is 1. The van der Waals surface area contributed by atoms with Crippen LogP contribution in [0.1, 0.15) is 55.6 Å². The number of aromatic nitrogens is 2. The molecule has 33 heavy (non-hydrogen) atoms. The zero-order valence-electron chi connectivity index (χ0n) is 18.6. The summed E-state index contributed by atoms with van der Waals surface area (Å²) in [6.07, 6.45) is 8.02. The number of oxime groups is 1. The van der Waals surface area contributed by atoms with E-state index in [0.29, 0.717) is 31.2 Å². The van der Waals surface area contributed by atoms with Crippen molar-refractivity contribution in [3.05, 3.63) is 47.3 Å². The molecule has 1 aromatic heterocycles. The van der Waals surface area contributed by atoms with Gasteiger partial charge in [0.1, 0.15) is 17.7 Å². The lowest BCUT2D eigenvalue weighted by molar-refractivity contribution is 0.0406. The van der Waals surface area contributed by atoms with Crippen LogP contribution in [0.15, 0.2) is 29.7 Å². The first-order chi connectivity index (χ1) is 15.9. The summed E-state index contributed by atoms with van der Waals surface area (Å²) in [4.78, 5) is 27.6. The molecule has 10 heteroatoms. The van der Waals surface area contributed by atoms with Gasteiger partial charge in [-0.15, -0.1) is 0 Å². The highest BCUT2D eigenvalue weighted by Gasteiger charge is 2.25. The summed E-state index contributed by atoms with van der Waals surface area (Å²) in [5.74, 6) is -0.619. The van der Waals surface area contributed by atoms with E-state index < -0.39 is 17.7 Å². The zero-order valence-corrected chi connectivity index (χ0v) is 18.6. The van der Waals surface area contributed by atoms with Gasteiger partial charge in [-0.2, -0.15) is 0 Å². The summed E-state index contributed by atoms with van der Waals surface area (Å²) in [5.41, 5.74) is 7.03. The maximum Gasteiger partial charge on any atom is 0.316 e. The number of aryl methyl sites for hydroxylation is 1. The lowest BCUT2D eigenvalue weighted by atomic mass is 9.83. The lowest BCUT2D eigenvalue weighted by Gasteiger charge is -2.31. The Kier molecular flexibility index (Phi) is 7.00. The minimum Gasteiger partial charge on any atom is -0.392 e. The Morgan fingerprint density at radius 2 is 1.79 bits per heavy atom. The second kappa shape index (κ2) is 10.1. The Morgan fingerprint density at radius 1 is 1.12 bits per heavy atom. The predicted octanol–water partition coefficient (Wildman–Crippen LogP) is 4.25. The van der Waals surface area contributed by atoms with Gasteiger partial charge in [-0.05, 0) is 55.7 Å². The molecule has 1 saturated heterocycles. The Bertz CT molecular complexity index is 1010. The Hall–Kier alpha value is -3.30. The number of halogens is 2. The van der Waals surface area contributed by atoms with Crippen molar-refractivity contribution in [3.63, 3.8) is 0 Å². The van der Waals surface area contributed by atoms with Gasteiger partial charge in [0.05, 0.1) is 11.4 Å². The van der Waals surface area contributed by atoms with E-state index in [9.17, 15) is 13.6 Å². The normalized spacial score (nSPS) is 19.3. The summed E-state index contributed by atoms with van der Waals surface area (Å²) in [7, 11) is 0. The van der Waals surface area contributed by atoms with Crippen LogP contribution in [0.4, 0.5) is 25.2 Å². The van der Waals surface area contributed by atoms with Gasteiger partial charge in [-0.3, -0.25) is 0 Å². The van der Waals surface area contributed by atoms with Gasteiger partial charge in [0, 0.05) is 44.4 Å². The van der Waals surface area contributed by atoms with Gasteiger partial charge < -0.3 is 20.8 Å². The number of carbonyl (C=O) groups excluding carboxylic acids is 1. The molecule has 1 aliphatic carbocycles. The van der Waals surface area contributed by atoms with E-state index in [0.717, 1.165) is 55.3 Å². The van der Waals surface area contributed by atoms with Crippen LogP contribution in [0.3, 0.4) is 0 Å². The average molecular weight is 459 g/mol. The van der Waals surface area contributed by atoms with Crippen molar-refractivity contribution >= 4 is 23.4 Å². The van der Waals surface area contributed by atoms with Gasteiger partial charge in [0.25, 0.3) is 0 Å². The monoisotopic (exact) mass is 458 g/mol. The van der Waals surface area contributed by atoms with Crippen molar-refractivity contribution in [2.24, 2.45) is 10.9 Å². The van der Waals surface area contributed by atoms with Crippen molar-refractivity contribution in [1.82, 2.24) is 9.97 Å². The van der Waals surface area contributed by atoms with Crippen LogP contribution in [-0.2, 0) is 4.84 Å². The van der Waals surface area contributed by atoms with Gasteiger partial charge in [0.2, 0.25) is 5.95 Å². The van der Waals surface area contributed by atoms with E-state index in [-0.39, 0.29) is 17.7 Å². The van der Waals surface area contributed by atoms with Crippen molar-refractivity contribution in [2.45, 2.75) is 57.5 Å². The molecule has 2 aliphatic rings. The number of anilines is 2. The van der Waals surface area contributed by atoms with Crippen LogP contribution >= 0.6 is 0 Å². The van der Waals surface area contributed by atoms with E-state index in [1.807, 2.05) is 19.3 Å². The predicted molar refractivity (Wildman–Crippen MR) is 121 cm³/mol. The average Bonchev–Trinajstić information content (AvgIpc) is 2.81. The number of piperidine rings is 1. The third-order valence-corrected chi connectivity index (χ3v) is 6.17. The van der Waals surface area contributed by atoms with Crippen LogP contribution in [0.25, 0.3) is 0 Å². The molecule has 0 unspecified atom stereocenters. The molecule has 0 radical (unpaired) electrons. The summed E-state index contributed by atoms with van der Waals surface area (Å²) < 4.78 is 28.7. The zero-order chi connectivity index (χ0) is 23.4. The first kappa shape index (κ1) is 22.9. The fourth-order valence-corrected chi connectivity index (χ4v) is 4.32. The minimum atomic E-state index is -0.936. The molecular weight excluding hydrogens is 430 g/mol. The quantitative estimate of drug-likeness (QED) is 0.652. The number of amides is 2. The van der Waals surface area contributed by atoms with Crippen LogP contribution in [0, 0.1) is 18.6 Å². The van der Waals surface area contributed by atoms with Gasteiger partial charge in [-0.1, -0.05) is 5.16 Å². The highest BCUT2D eigenvalue weighted by atomic mass is 19.1. The molecule has 1 aliphatic heterocycles. The number of nitrogens with one attached hydrogen (secondary N) is 1. The molecule has 0 bridgehead atoms. The maximum absolute atomic E-state index is 14.5. The molecule has 176 valence electrons. The highest BCUT2D eigenvalue weighted by molar-refractivity contribution is 5.88. The molecule has 0 spiro atoms. The van der Waals surface area contributed by atoms with E-state index in [2.05, 4.69) is 25.3 Å². The van der Waals surface area contributed by atoms with Gasteiger partial charge in [0.15, 0.2) is 0 Å². The third-order valence-electron chi connectivity index (χ3n) is 6.17. The van der Waals surface area contributed by atoms with Crippen molar-refractivity contribution in [2.75, 3.05) is 23.3 Å². The number of nitrogens with two attached hydrogens (primary N) is 1. The minimum absolute atomic E-state index is 0.0498. The summed E-state index contributed by atoms with van der Waals surface area (Å²) in [5, 5.41) is 6.46. The number of urea groups is 1. The molecule has 8 nitrogen and oxygen atoms in total. The molecule has 1 saturated carbocycles. The van der Waals surface area contributed by atoms with E-state index in [1.165, 1.54) is 0 Å². The SMILES string of the molecule is Cc1cnc(N2CCC(ON=C3CCC(c4cc(F)c(NC(N)=O)cc4F)CC3)CC2)nc1. The molecule has 2 fully saturated rings. The molecule has 2 aromatic rings. The standard InChI is InChI=1S/C23H28F2N6O2/c1-14-12-27-23(28-13-14)31-8-6-17(7-9-31)33-30-16-4-2-15(3-5-16)18-10-20(25)21(11-19(18)24)29-22(26)32/h10-13,15,17H,2-9H2,1H3,(H3,26,29,32). The second-order valence-electron chi connectivity index (χ2n) is 8.63. The van der Waals surface area contributed by atoms with Crippen molar-refractivity contribution in [1.29, 1.82) is 0 Å². The first-order valence-corrected chi connectivity index (χ1v) is 11.2. The van der Waals surface area contributed by atoms with Crippen LogP contribution in [-0.4, -0.2) is 40.9 Å². The van der Waals surface area contributed by atoms with Crippen molar-refractivity contribution in [3.8, 4) is 0 Å². The molecular formula is C23H28F2N6O2. The molecule has 2 heterocycles. The smallest absolute Gasteiger partial charge is 0.316 e. The van der Waals surface area contributed by atoms with Crippen molar-refractivity contribution < 1.29 is 18.4 Å². The van der Waals surface area contributed by atoms with E-state index in [1.54, 1.807) is 0 Å². The molecule has 3 N–H and O–H groups in total. The summed E-state index contributed by atoms with van der Waals surface area (Å²) >= 11 is 0. The number of hydrogen-bond acceptors (Lipinski definition) is 6.